The van der Waals surface area contributed by atoms with Crippen molar-refractivity contribution in [1.82, 2.24) is 0 Å². The zero-order valence-electron chi connectivity index (χ0n) is 43.6. The van der Waals surface area contributed by atoms with Crippen LogP contribution in [0.2, 0.25) is 0 Å². The molecule has 0 aromatic carbocycles. The second kappa shape index (κ2) is 54.9. The molecule has 67 heavy (non-hydrogen) atoms. The summed E-state index contributed by atoms with van der Waals surface area (Å²) < 4.78 is 16.7. The molecule has 1 unspecified atom stereocenters. The van der Waals surface area contributed by atoms with E-state index in [-0.39, 0.29) is 37.5 Å². The predicted molar refractivity (Wildman–Crippen MR) is 288 cm³/mol. The van der Waals surface area contributed by atoms with E-state index in [1.54, 1.807) is 0 Å². The molecule has 0 aliphatic heterocycles. The third-order valence-corrected chi connectivity index (χ3v) is 11.6. The van der Waals surface area contributed by atoms with Crippen LogP contribution in [0.15, 0.2) is 97.2 Å². The van der Waals surface area contributed by atoms with E-state index in [4.69, 9.17) is 14.2 Å². The largest absolute Gasteiger partial charge is 0.462 e. The van der Waals surface area contributed by atoms with Crippen LogP contribution in [0, 0.1) is 0 Å². The molecule has 0 N–H and O–H groups in total. The van der Waals surface area contributed by atoms with Crippen LogP contribution in [-0.4, -0.2) is 37.2 Å². The number of carbonyl (C=O) groups excluding carboxylic acids is 3. The van der Waals surface area contributed by atoms with Gasteiger partial charge in [0.05, 0.1) is 0 Å². The molecule has 0 aromatic heterocycles. The van der Waals surface area contributed by atoms with Gasteiger partial charge in [-0.3, -0.25) is 14.4 Å². The lowest BCUT2D eigenvalue weighted by molar-refractivity contribution is -0.166. The first-order valence-electron chi connectivity index (χ1n) is 27.7. The van der Waals surface area contributed by atoms with E-state index in [1.165, 1.54) is 103 Å². The SMILES string of the molecule is CC/C=C\C/C=C\C/C=C\C/C=C\CCC(=O)OCC(COC(=O)CCCCCCCCCCC/C=C\CCCCCCCCCC)OC(=O)CCCCCCC/C=C\C/C=C\C/C=C\CC. The summed E-state index contributed by atoms with van der Waals surface area (Å²) in [6, 6.07) is 0. The molecule has 1 atom stereocenters. The Kier molecular flexibility index (Phi) is 51.9. The van der Waals surface area contributed by atoms with Crippen molar-refractivity contribution in [2.24, 2.45) is 0 Å². The van der Waals surface area contributed by atoms with Gasteiger partial charge < -0.3 is 14.2 Å². The maximum atomic E-state index is 12.8. The number of esters is 3. The molecule has 0 rings (SSSR count). The standard InChI is InChI=1S/C61H102O6/c1-4-7-10-13-16-19-22-25-27-28-29-30-31-32-34-36-39-42-45-48-51-54-60(63)66-57-58(56-65-59(62)53-50-47-44-41-38-35-24-21-18-15-12-9-6-3)67-61(64)55-52-49-46-43-40-37-33-26-23-20-17-14-11-8-5-2/h8-9,11-12,17-18,20-21,26,28-29,33,35,38,44,47,58H,4-7,10,13-16,19,22-25,27,30-32,34,36-37,39-43,45-46,48-57H2,1-3H3/b11-8-,12-9-,20-17-,21-18-,29-28-,33-26-,38-35-,47-44-. The van der Waals surface area contributed by atoms with Crippen molar-refractivity contribution >= 4 is 17.9 Å². The van der Waals surface area contributed by atoms with E-state index in [1.807, 2.05) is 12.2 Å². The smallest absolute Gasteiger partial charge is 0.306 e. The van der Waals surface area contributed by atoms with E-state index in [2.05, 4.69) is 106 Å². The van der Waals surface area contributed by atoms with Gasteiger partial charge in [-0.15, -0.1) is 0 Å². The number of carbonyl (C=O) groups is 3. The maximum absolute atomic E-state index is 12.8. The topological polar surface area (TPSA) is 78.9 Å². The number of unbranched alkanes of at least 4 members (excludes halogenated alkanes) is 22. The van der Waals surface area contributed by atoms with Crippen molar-refractivity contribution in [3.63, 3.8) is 0 Å². The molecular weight excluding hydrogens is 829 g/mol. The number of hydrogen-bond donors (Lipinski definition) is 0. The van der Waals surface area contributed by atoms with E-state index >= 15 is 0 Å². The summed E-state index contributed by atoms with van der Waals surface area (Å²) in [5.41, 5.74) is 0. The van der Waals surface area contributed by atoms with Crippen molar-refractivity contribution in [2.75, 3.05) is 13.2 Å². The fourth-order valence-electron chi connectivity index (χ4n) is 7.46. The molecule has 0 heterocycles. The van der Waals surface area contributed by atoms with Gasteiger partial charge in [0.1, 0.15) is 13.2 Å². The second-order valence-electron chi connectivity index (χ2n) is 18.1. The van der Waals surface area contributed by atoms with Gasteiger partial charge in [0.15, 0.2) is 6.10 Å². The van der Waals surface area contributed by atoms with Gasteiger partial charge in [-0.2, -0.15) is 0 Å². The van der Waals surface area contributed by atoms with Crippen LogP contribution in [0.1, 0.15) is 252 Å². The normalized spacial score (nSPS) is 12.8. The fraction of sp³-hybridized carbons (Fsp3) is 0.689. The van der Waals surface area contributed by atoms with E-state index in [0.717, 1.165) is 103 Å². The Hall–Kier alpha value is -3.67. The van der Waals surface area contributed by atoms with Gasteiger partial charge >= 0.3 is 17.9 Å². The summed E-state index contributed by atoms with van der Waals surface area (Å²) in [7, 11) is 0. The van der Waals surface area contributed by atoms with Gasteiger partial charge in [-0.05, 0) is 103 Å². The van der Waals surface area contributed by atoms with Crippen molar-refractivity contribution in [2.45, 2.75) is 258 Å². The molecule has 0 saturated heterocycles. The highest BCUT2D eigenvalue weighted by molar-refractivity contribution is 5.71. The third-order valence-electron chi connectivity index (χ3n) is 11.6. The minimum Gasteiger partial charge on any atom is -0.462 e. The number of allylic oxidation sites excluding steroid dienone is 16. The summed E-state index contributed by atoms with van der Waals surface area (Å²) in [6.07, 6.45) is 72.7. The average molecular weight is 931 g/mol. The quantitative estimate of drug-likeness (QED) is 0.0262. The summed E-state index contributed by atoms with van der Waals surface area (Å²) in [4.78, 5) is 38.0. The van der Waals surface area contributed by atoms with Crippen LogP contribution < -0.4 is 0 Å². The Morgan fingerprint density at radius 2 is 0.612 bits per heavy atom. The van der Waals surface area contributed by atoms with Crippen LogP contribution in [-0.2, 0) is 28.6 Å². The summed E-state index contributed by atoms with van der Waals surface area (Å²) in [5, 5.41) is 0. The minimum absolute atomic E-state index is 0.108. The Bertz CT molecular complexity index is 1350. The van der Waals surface area contributed by atoms with Gasteiger partial charge in [-0.1, -0.05) is 227 Å². The molecule has 6 nitrogen and oxygen atoms in total. The number of hydrogen-bond acceptors (Lipinski definition) is 6. The second-order valence-corrected chi connectivity index (χ2v) is 18.1. The van der Waals surface area contributed by atoms with Crippen molar-refractivity contribution in [3.05, 3.63) is 97.2 Å². The fourth-order valence-corrected chi connectivity index (χ4v) is 7.46. The summed E-state index contributed by atoms with van der Waals surface area (Å²) in [5.74, 6) is -1.01. The Morgan fingerprint density at radius 3 is 1.01 bits per heavy atom. The van der Waals surface area contributed by atoms with Crippen molar-refractivity contribution in [3.8, 4) is 0 Å². The summed E-state index contributed by atoms with van der Waals surface area (Å²) >= 11 is 0. The van der Waals surface area contributed by atoms with Gasteiger partial charge in [0, 0.05) is 19.3 Å². The van der Waals surface area contributed by atoms with Crippen LogP contribution >= 0.6 is 0 Å². The molecule has 0 saturated carbocycles. The molecule has 0 aliphatic rings. The molecule has 382 valence electrons. The molecule has 6 heteroatoms. The first kappa shape index (κ1) is 63.3. The molecule has 0 spiro atoms. The highest BCUT2D eigenvalue weighted by atomic mass is 16.6. The highest BCUT2D eigenvalue weighted by Gasteiger charge is 2.19. The van der Waals surface area contributed by atoms with Gasteiger partial charge in [-0.25, -0.2) is 0 Å². The van der Waals surface area contributed by atoms with Crippen LogP contribution in [0.25, 0.3) is 0 Å². The van der Waals surface area contributed by atoms with Gasteiger partial charge in [0.2, 0.25) is 0 Å². The lowest BCUT2D eigenvalue weighted by Crippen LogP contribution is -2.30. The number of ether oxygens (including phenoxy) is 3. The Labute approximate surface area is 413 Å². The van der Waals surface area contributed by atoms with Crippen molar-refractivity contribution in [1.29, 1.82) is 0 Å². The Morgan fingerprint density at radius 1 is 0.313 bits per heavy atom. The average Bonchev–Trinajstić information content (AvgIpc) is 3.33. The van der Waals surface area contributed by atoms with E-state index in [0.29, 0.717) is 19.3 Å². The highest BCUT2D eigenvalue weighted by Crippen LogP contribution is 2.14. The van der Waals surface area contributed by atoms with E-state index in [9.17, 15) is 14.4 Å². The molecule has 0 bridgehead atoms. The third kappa shape index (κ3) is 53.2. The maximum Gasteiger partial charge on any atom is 0.306 e. The zero-order chi connectivity index (χ0) is 48.6. The first-order valence-corrected chi connectivity index (χ1v) is 27.7. The monoisotopic (exact) mass is 931 g/mol. The zero-order valence-corrected chi connectivity index (χ0v) is 43.6. The molecule has 0 radical (unpaired) electrons. The molecule has 0 aliphatic carbocycles. The number of rotatable bonds is 49. The first-order chi connectivity index (χ1) is 33.0. The predicted octanol–water partition coefficient (Wildman–Crippen LogP) is 18.5. The van der Waals surface area contributed by atoms with Crippen LogP contribution in [0.3, 0.4) is 0 Å². The molecule has 0 amide bonds. The minimum atomic E-state index is -0.817. The molecule has 0 fully saturated rings. The van der Waals surface area contributed by atoms with Gasteiger partial charge in [0.25, 0.3) is 0 Å². The molecular formula is C61H102O6. The molecule has 0 aromatic rings. The van der Waals surface area contributed by atoms with Crippen LogP contribution in [0.5, 0.6) is 0 Å². The summed E-state index contributed by atoms with van der Waals surface area (Å²) in [6.45, 7) is 6.33. The van der Waals surface area contributed by atoms with Crippen LogP contribution in [0.4, 0.5) is 0 Å². The lowest BCUT2D eigenvalue weighted by Gasteiger charge is -2.18. The Balaban J connectivity index is 4.42. The van der Waals surface area contributed by atoms with E-state index < -0.39 is 6.10 Å². The lowest BCUT2D eigenvalue weighted by atomic mass is 10.1. The van der Waals surface area contributed by atoms with Crippen molar-refractivity contribution < 1.29 is 28.6 Å².